The summed E-state index contributed by atoms with van der Waals surface area (Å²) in [6, 6.07) is 7.92. The molecule has 0 heterocycles. The Labute approximate surface area is 115 Å². The van der Waals surface area contributed by atoms with E-state index in [0.717, 1.165) is 11.3 Å². The third kappa shape index (κ3) is 4.93. The molecule has 106 valence electrons. The molecule has 0 fully saturated rings. The number of rotatable bonds is 6. The van der Waals surface area contributed by atoms with Gasteiger partial charge in [0, 0.05) is 0 Å². The monoisotopic (exact) mass is 264 g/mol. The van der Waals surface area contributed by atoms with E-state index < -0.39 is 0 Å². The summed E-state index contributed by atoms with van der Waals surface area (Å²) in [5.41, 5.74) is 1.13. The molecule has 1 aromatic rings. The number of hydrogen-bond acceptors (Lipinski definition) is 3. The Morgan fingerprint density at radius 3 is 2.11 bits per heavy atom. The molecule has 1 atom stereocenters. The molecule has 1 rings (SSSR count). The molecular weight excluding hydrogens is 240 g/mol. The van der Waals surface area contributed by atoms with Gasteiger partial charge in [-0.2, -0.15) is 0 Å². The molecule has 19 heavy (non-hydrogen) atoms. The van der Waals surface area contributed by atoms with Gasteiger partial charge < -0.3 is 9.47 Å². The zero-order valence-corrected chi connectivity index (χ0v) is 12.5. The molecule has 0 amide bonds. The maximum atomic E-state index is 11.7. The zero-order valence-electron chi connectivity index (χ0n) is 12.5. The van der Waals surface area contributed by atoms with Gasteiger partial charge in [0.15, 0.2) is 0 Å². The fourth-order valence-electron chi connectivity index (χ4n) is 1.97. The van der Waals surface area contributed by atoms with Crippen LogP contribution in [0.1, 0.15) is 33.3 Å². The van der Waals surface area contributed by atoms with Gasteiger partial charge in [0.1, 0.15) is 5.75 Å². The highest BCUT2D eigenvalue weighted by Gasteiger charge is 2.23. The largest absolute Gasteiger partial charge is 0.491 e. The van der Waals surface area contributed by atoms with Crippen LogP contribution in [0.15, 0.2) is 24.3 Å². The molecule has 0 saturated carbocycles. The third-order valence-electron chi connectivity index (χ3n) is 3.06. The van der Waals surface area contributed by atoms with E-state index in [0.29, 0.717) is 6.42 Å². The van der Waals surface area contributed by atoms with Gasteiger partial charge >= 0.3 is 5.97 Å². The molecule has 0 aliphatic rings. The first kappa shape index (κ1) is 15.5. The minimum Gasteiger partial charge on any atom is -0.491 e. The van der Waals surface area contributed by atoms with Crippen molar-refractivity contribution in [2.75, 3.05) is 7.11 Å². The van der Waals surface area contributed by atoms with Gasteiger partial charge in [-0.3, -0.25) is 4.79 Å². The SMILES string of the molecule is COC(=O)C(Cc1ccc(OC(C)C)cc1)C(C)C. The maximum Gasteiger partial charge on any atom is 0.309 e. The van der Waals surface area contributed by atoms with Crippen LogP contribution in [-0.2, 0) is 16.0 Å². The topological polar surface area (TPSA) is 35.5 Å². The second-order valence-corrected chi connectivity index (χ2v) is 5.39. The first-order chi connectivity index (χ1) is 8.93. The summed E-state index contributed by atoms with van der Waals surface area (Å²) in [7, 11) is 1.44. The summed E-state index contributed by atoms with van der Waals surface area (Å²) >= 11 is 0. The number of hydrogen-bond donors (Lipinski definition) is 0. The van der Waals surface area contributed by atoms with Crippen LogP contribution in [0.3, 0.4) is 0 Å². The summed E-state index contributed by atoms with van der Waals surface area (Å²) in [6.45, 7) is 8.08. The van der Waals surface area contributed by atoms with Crippen molar-refractivity contribution in [1.29, 1.82) is 0 Å². The highest BCUT2D eigenvalue weighted by Crippen LogP contribution is 2.21. The predicted octanol–water partition coefficient (Wildman–Crippen LogP) is 3.46. The lowest BCUT2D eigenvalue weighted by Gasteiger charge is -2.18. The lowest BCUT2D eigenvalue weighted by atomic mass is 9.89. The van der Waals surface area contributed by atoms with Gasteiger partial charge in [0.25, 0.3) is 0 Å². The van der Waals surface area contributed by atoms with Crippen molar-refractivity contribution in [3.8, 4) is 5.75 Å². The van der Waals surface area contributed by atoms with Crippen molar-refractivity contribution in [2.24, 2.45) is 11.8 Å². The van der Waals surface area contributed by atoms with E-state index in [-0.39, 0.29) is 23.9 Å². The van der Waals surface area contributed by atoms with Gasteiger partial charge in [0.05, 0.1) is 19.1 Å². The number of ether oxygens (including phenoxy) is 2. The molecule has 0 aliphatic carbocycles. The third-order valence-corrected chi connectivity index (χ3v) is 3.06. The number of carbonyl (C=O) groups is 1. The molecule has 0 bridgehead atoms. The summed E-state index contributed by atoms with van der Waals surface area (Å²) in [4.78, 5) is 11.7. The van der Waals surface area contributed by atoms with Gasteiger partial charge in [-0.05, 0) is 43.9 Å². The van der Waals surface area contributed by atoms with E-state index >= 15 is 0 Å². The standard InChI is InChI=1S/C16H24O3/c1-11(2)15(16(17)18-5)10-13-6-8-14(9-7-13)19-12(3)4/h6-9,11-12,15H,10H2,1-5H3. The molecule has 0 saturated heterocycles. The van der Waals surface area contributed by atoms with E-state index in [1.807, 2.05) is 52.0 Å². The minimum absolute atomic E-state index is 0.0955. The number of carbonyl (C=O) groups excluding carboxylic acids is 1. The Morgan fingerprint density at radius 1 is 1.11 bits per heavy atom. The molecule has 3 nitrogen and oxygen atoms in total. The Kier molecular flexibility index (Phi) is 5.87. The molecule has 0 aliphatic heterocycles. The fourth-order valence-corrected chi connectivity index (χ4v) is 1.97. The van der Waals surface area contributed by atoms with Gasteiger partial charge in [0.2, 0.25) is 0 Å². The van der Waals surface area contributed by atoms with Crippen LogP contribution in [0.2, 0.25) is 0 Å². The lowest BCUT2D eigenvalue weighted by Crippen LogP contribution is -2.23. The molecule has 3 heteroatoms. The summed E-state index contributed by atoms with van der Waals surface area (Å²) in [6.07, 6.45) is 0.871. The van der Waals surface area contributed by atoms with E-state index in [1.54, 1.807) is 0 Å². The first-order valence-corrected chi connectivity index (χ1v) is 6.77. The summed E-state index contributed by atoms with van der Waals surface area (Å²) < 4.78 is 10.5. The normalized spacial score (nSPS) is 12.6. The summed E-state index contributed by atoms with van der Waals surface area (Å²) in [5, 5.41) is 0. The first-order valence-electron chi connectivity index (χ1n) is 6.77. The predicted molar refractivity (Wildman–Crippen MR) is 76.3 cm³/mol. The van der Waals surface area contributed by atoms with E-state index in [4.69, 9.17) is 9.47 Å². The highest BCUT2D eigenvalue weighted by atomic mass is 16.5. The van der Waals surface area contributed by atoms with E-state index in [1.165, 1.54) is 7.11 Å². The van der Waals surface area contributed by atoms with Gasteiger partial charge in [-0.1, -0.05) is 26.0 Å². The fraction of sp³-hybridized carbons (Fsp3) is 0.562. The molecular formula is C16H24O3. The van der Waals surface area contributed by atoms with Crippen LogP contribution in [0.25, 0.3) is 0 Å². The molecule has 0 spiro atoms. The van der Waals surface area contributed by atoms with Crippen molar-refractivity contribution >= 4 is 5.97 Å². The smallest absolute Gasteiger partial charge is 0.309 e. The van der Waals surface area contributed by atoms with Crippen LogP contribution < -0.4 is 4.74 Å². The maximum absolute atomic E-state index is 11.7. The van der Waals surface area contributed by atoms with Crippen molar-refractivity contribution < 1.29 is 14.3 Å². The number of esters is 1. The lowest BCUT2D eigenvalue weighted by molar-refractivity contribution is -0.146. The average molecular weight is 264 g/mol. The van der Waals surface area contributed by atoms with Crippen molar-refractivity contribution in [3.05, 3.63) is 29.8 Å². The molecule has 1 unspecified atom stereocenters. The van der Waals surface area contributed by atoms with Crippen molar-refractivity contribution in [1.82, 2.24) is 0 Å². The quantitative estimate of drug-likeness (QED) is 0.738. The Hall–Kier alpha value is -1.51. The average Bonchev–Trinajstić information content (AvgIpc) is 2.36. The van der Waals surface area contributed by atoms with Crippen molar-refractivity contribution in [2.45, 2.75) is 40.2 Å². The van der Waals surface area contributed by atoms with E-state index in [9.17, 15) is 4.79 Å². The van der Waals surface area contributed by atoms with Crippen molar-refractivity contribution in [3.63, 3.8) is 0 Å². The zero-order chi connectivity index (χ0) is 14.4. The Morgan fingerprint density at radius 2 is 1.68 bits per heavy atom. The Bertz CT molecular complexity index is 393. The van der Waals surface area contributed by atoms with Gasteiger partial charge in [-0.15, -0.1) is 0 Å². The van der Waals surface area contributed by atoms with Gasteiger partial charge in [-0.25, -0.2) is 0 Å². The van der Waals surface area contributed by atoms with Crippen LogP contribution >= 0.6 is 0 Å². The number of benzene rings is 1. The second kappa shape index (κ2) is 7.17. The van der Waals surface area contributed by atoms with Crippen LogP contribution in [0, 0.1) is 11.8 Å². The molecule has 0 aromatic heterocycles. The van der Waals surface area contributed by atoms with E-state index in [2.05, 4.69) is 0 Å². The molecule has 0 N–H and O–H groups in total. The molecule has 0 radical (unpaired) electrons. The Balaban J connectivity index is 2.72. The highest BCUT2D eigenvalue weighted by molar-refractivity contribution is 5.72. The molecule has 1 aromatic carbocycles. The van der Waals surface area contributed by atoms with Crippen LogP contribution in [-0.4, -0.2) is 19.2 Å². The summed E-state index contributed by atoms with van der Waals surface area (Å²) in [5.74, 6) is 0.885. The minimum atomic E-state index is -0.141. The second-order valence-electron chi connectivity index (χ2n) is 5.39. The number of methoxy groups -OCH3 is 1. The van der Waals surface area contributed by atoms with Crippen LogP contribution in [0.4, 0.5) is 0 Å². The van der Waals surface area contributed by atoms with Crippen LogP contribution in [0.5, 0.6) is 5.75 Å².